The topological polar surface area (TPSA) is 98.5 Å². The summed E-state index contributed by atoms with van der Waals surface area (Å²) in [5.41, 5.74) is 1.48. The molecule has 0 atom stereocenters. The van der Waals surface area contributed by atoms with Gasteiger partial charge in [0, 0.05) is 18.9 Å². The SMILES string of the molecule is COc1ccc(CCNc2ncc(C(=O)NCc3ccco3)cn2)cc1OC. The summed E-state index contributed by atoms with van der Waals surface area (Å²) in [6.45, 7) is 0.955. The van der Waals surface area contributed by atoms with E-state index in [1.807, 2.05) is 18.2 Å². The predicted octanol–water partition coefficient (Wildman–Crippen LogP) is 2.67. The van der Waals surface area contributed by atoms with E-state index in [1.54, 1.807) is 32.6 Å². The summed E-state index contributed by atoms with van der Waals surface area (Å²) in [6, 6.07) is 9.36. The Labute approximate surface area is 162 Å². The van der Waals surface area contributed by atoms with Crippen LogP contribution in [-0.4, -0.2) is 36.6 Å². The summed E-state index contributed by atoms with van der Waals surface area (Å²) < 4.78 is 15.7. The van der Waals surface area contributed by atoms with Crippen LogP contribution in [0.25, 0.3) is 0 Å². The van der Waals surface area contributed by atoms with Crippen molar-refractivity contribution in [2.45, 2.75) is 13.0 Å². The van der Waals surface area contributed by atoms with E-state index in [0.29, 0.717) is 41.9 Å². The molecule has 3 aromatic rings. The Morgan fingerprint density at radius 1 is 1.11 bits per heavy atom. The zero-order chi connectivity index (χ0) is 19.8. The van der Waals surface area contributed by atoms with E-state index in [-0.39, 0.29) is 5.91 Å². The summed E-state index contributed by atoms with van der Waals surface area (Å²) in [5, 5.41) is 5.89. The van der Waals surface area contributed by atoms with Gasteiger partial charge in [-0.15, -0.1) is 0 Å². The van der Waals surface area contributed by atoms with Crippen LogP contribution in [0.4, 0.5) is 5.95 Å². The van der Waals surface area contributed by atoms with Gasteiger partial charge in [-0.25, -0.2) is 9.97 Å². The minimum Gasteiger partial charge on any atom is -0.493 e. The number of aromatic nitrogens is 2. The van der Waals surface area contributed by atoms with Gasteiger partial charge in [-0.2, -0.15) is 0 Å². The van der Waals surface area contributed by atoms with Crippen molar-refractivity contribution in [3.8, 4) is 11.5 Å². The highest BCUT2D eigenvalue weighted by Gasteiger charge is 2.08. The Balaban J connectivity index is 1.48. The molecule has 0 unspecified atom stereocenters. The first-order chi connectivity index (χ1) is 13.7. The largest absolute Gasteiger partial charge is 0.493 e. The fourth-order valence-corrected chi connectivity index (χ4v) is 2.57. The number of methoxy groups -OCH3 is 2. The number of nitrogens with zero attached hydrogens (tertiary/aromatic N) is 2. The Hall–Kier alpha value is -3.55. The maximum Gasteiger partial charge on any atom is 0.254 e. The molecule has 1 amide bonds. The summed E-state index contributed by atoms with van der Waals surface area (Å²) in [5.74, 6) is 2.28. The highest BCUT2D eigenvalue weighted by Crippen LogP contribution is 2.27. The first kappa shape index (κ1) is 19.2. The predicted molar refractivity (Wildman–Crippen MR) is 104 cm³/mol. The summed E-state index contributed by atoms with van der Waals surface area (Å²) in [7, 11) is 3.22. The molecule has 0 spiro atoms. The molecule has 0 aliphatic heterocycles. The summed E-state index contributed by atoms with van der Waals surface area (Å²) in [6.07, 6.45) is 5.30. The lowest BCUT2D eigenvalue weighted by molar-refractivity contribution is 0.0947. The highest BCUT2D eigenvalue weighted by atomic mass is 16.5. The van der Waals surface area contributed by atoms with Gasteiger partial charge in [0.25, 0.3) is 5.91 Å². The number of carbonyl (C=O) groups is 1. The van der Waals surface area contributed by atoms with E-state index in [9.17, 15) is 4.79 Å². The number of furan rings is 1. The standard InChI is InChI=1S/C20H22N4O4/c1-26-17-6-5-14(10-18(17)27-2)7-8-21-20-23-11-15(12-24-20)19(25)22-13-16-4-3-9-28-16/h3-6,9-12H,7-8,13H2,1-2H3,(H,22,25)(H,21,23,24). The van der Waals surface area contributed by atoms with E-state index in [0.717, 1.165) is 12.0 Å². The van der Waals surface area contributed by atoms with Gasteiger partial charge in [-0.05, 0) is 36.2 Å². The van der Waals surface area contributed by atoms with Crippen molar-refractivity contribution in [3.05, 3.63) is 65.9 Å². The van der Waals surface area contributed by atoms with E-state index < -0.39 is 0 Å². The van der Waals surface area contributed by atoms with Gasteiger partial charge in [-0.1, -0.05) is 6.07 Å². The lowest BCUT2D eigenvalue weighted by Crippen LogP contribution is -2.23. The highest BCUT2D eigenvalue weighted by molar-refractivity contribution is 5.93. The third-order valence-corrected chi connectivity index (χ3v) is 4.06. The van der Waals surface area contributed by atoms with Gasteiger partial charge in [0.15, 0.2) is 11.5 Å². The first-order valence-corrected chi connectivity index (χ1v) is 8.77. The number of hydrogen-bond acceptors (Lipinski definition) is 7. The van der Waals surface area contributed by atoms with Gasteiger partial charge >= 0.3 is 0 Å². The number of carbonyl (C=O) groups excluding carboxylic acids is 1. The molecular weight excluding hydrogens is 360 g/mol. The molecule has 2 N–H and O–H groups in total. The van der Waals surface area contributed by atoms with Crippen molar-refractivity contribution in [2.75, 3.05) is 26.1 Å². The van der Waals surface area contributed by atoms with Crippen molar-refractivity contribution in [3.63, 3.8) is 0 Å². The van der Waals surface area contributed by atoms with Crippen molar-refractivity contribution in [2.24, 2.45) is 0 Å². The lowest BCUT2D eigenvalue weighted by atomic mass is 10.1. The van der Waals surface area contributed by atoms with Crippen LogP contribution in [0.1, 0.15) is 21.7 Å². The Bertz CT molecular complexity index is 895. The number of rotatable bonds is 9. The fourth-order valence-electron chi connectivity index (χ4n) is 2.57. The van der Waals surface area contributed by atoms with Crippen molar-refractivity contribution >= 4 is 11.9 Å². The molecule has 3 rings (SSSR count). The zero-order valence-corrected chi connectivity index (χ0v) is 15.8. The minimum atomic E-state index is -0.256. The molecule has 0 radical (unpaired) electrons. The average Bonchev–Trinajstić information content (AvgIpc) is 3.26. The molecule has 0 aliphatic rings. The maximum absolute atomic E-state index is 12.1. The van der Waals surface area contributed by atoms with Gasteiger partial charge in [0.2, 0.25) is 5.95 Å². The molecule has 0 bridgehead atoms. The van der Waals surface area contributed by atoms with Gasteiger partial charge in [-0.3, -0.25) is 4.79 Å². The van der Waals surface area contributed by atoms with Gasteiger partial charge in [0.1, 0.15) is 5.76 Å². The number of benzene rings is 1. The molecule has 8 nitrogen and oxygen atoms in total. The molecule has 8 heteroatoms. The van der Waals surface area contributed by atoms with Crippen LogP contribution >= 0.6 is 0 Å². The monoisotopic (exact) mass is 382 g/mol. The Morgan fingerprint density at radius 3 is 2.57 bits per heavy atom. The second-order valence-corrected chi connectivity index (χ2v) is 5.92. The molecule has 146 valence electrons. The quantitative estimate of drug-likeness (QED) is 0.587. The average molecular weight is 382 g/mol. The van der Waals surface area contributed by atoms with E-state index in [4.69, 9.17) is 13.9 Å². The maximum atomic E-state index is 12.1. The third kappa shape index (κ3) is 5.00. The molecule has 0 saturated heterocycles. The minimum absolute atomic E-state index is 0.256. The zero-order valence-electron chi connectivity index (χ0n) is 15.8. The van der Waals surface area contributed by atoms with Gasteiger partial charge in [0.05, 0.1) is 32.6 Å². The lowest BCUT2D eigenvalue weighted by Gasteiger charge is -2.10. The fraction of sp³-hybridized carbons (Fsp3) is 0.250. The molecule has 0 fully saturated rings. The molecule has 1 aromatic carbocycles. The summed E-state index contributed by atoms with van der Waals surface area (Å²) >= 11 is 0. The number of nitrogens with one attached hydrogen (secondary N) is 2. The molecule has 28 heavy (non-hydrogen) atoms. The van der Waals surface area contributed by atoms with Crippen LogP contribution in [0.5, 0.6) is 11.5 Å². The number of ether oxygens (including phenoxy) is 2. The van der Waals surface area contributed by atoms with E-state index in [1.165, 1.54) is 12.4 Å². The molecule has 2 heterocycles. The van der Waals surface area contributed by atoms with Crippen LogP contribution in [0.3, 0.4) is 0 Å². The number of amides is 1. The molecule has 0 aliphatic carbocycles. The van der Waals surface area contributed by atoms with Crippen LogP contribution in [-0.2, 0) is 13.0 Å². The first-order valence-electron chi connectivity index (χ1n) is 8.77. The number of hydrogen-bond donors (Lipinski definition) is 2. The van der Waals surface area contributed by atoms with Crippen LogP contribution in [0.15, 0.2) is 53.4 Å². The number of anilines is 1. The molecule has 2 aromatic heterocycles. The summed E-state index contributed by atoms with van der Waals surface area (Å²) in [4.78, 5) is 20.5. The molecule has 0 saturated carbocycles. The second kappa shape index (κ2) is 9.40. The van der Waals surface area contributed by atoms with E-state index in [2.05, 4.69) is 20.6 Å². The van der Waals surface area contributed by atoms with E-state index >= 15 is 0 Å². The normalized spacial score (nSPS) is 10.4. The smallest absolute Gasteiger partial charge is 0.254 e. The second-order valence-electron chi connectivity index (χ2n) is 5.92. The third-order valence-electron chi connectivity index (χ3n) is 4.06. The van der Waals surface area contributed by atoms with Crippen LogP contribution < -0.4 is 20.1 Å². The van der Waals surface area contributed by atoms with Crippen LogP contribution in [0, 0.1) is 0 Å². The van der Waals surface area contributed by atoms with Crippen molar-refractivity contribution in [1.82, 2.24) is 15.3 Å². The van der Waals surface area contributed by atoms with Crippen LogP contribution in [0.2, 0.25) is 0 Å². The molecular formula is C20H22N4O4. The Morgan fingerprint density at radius 2 is 1.89 bits per heavy atom. The van der Waals surface area contributed by atoms with Crippen molar-refractivity contribution < 1.29 is 18.7 Å². The van der Waals surface area contributed by atoms with Crippen molar-refractivity contribution in [1.29, 1.82) is 0 Å². The van der Waals surface area contributed by atoms with Gasteiger partial charge < -0.3 is 24.5 Å². The Kier molecular flexibility index (Phi) is 6.46.